The molecular weight excluding hydrogens is 415 g/mol. The van der Waals surface area contributed by atoms with E-state index in [2.05, 4.69) is 15.4 Å². The molecule has 2 aromatic heterocycles. The Hall–Kier alpha value is -3.39. The molecule has 8 heteroatoms. The second-order valence-corrected chi connectivity index (χ2v) is 7.95. The number of thioether (sulfide) groups is 1. The lowest BCUT2D eigenvalue weighted by atomic mass is 10.1. The number of carbonyl (C=O) groups excluding carboxylic acids is 1. The number of amides is 1. The van der Waals surface area contributed by atoms with Gasteiger partial charge in [-0.2, -0.15) is 5.10 Å². The second-order valence-electron chi connectivity index (χ2n) is 6.95. The molecule has 0 saturated carbocycles. The normalized spacial score (nSPS) is 10.9. The number of fused-ring (bicyclic) bond motifs is 1. The summed E-state index contributed by atoms with van der Waals surface area (Å²) in [5.41, 5.74) is 4.14. The van der Waals surface area contributed by atoms with Gasteiger partial charge in [0.1, 0.15) is 16.6 Å². The van der Waals surface area contributed by atoms with Crippen LogP contribution in [-0.4, -0.2) is 33.4 Å². The van der Waals surface area contributed by atoms with Gasteiger partial charge in [0.2, 0.25) is 5.91 Å². The Labute approximate surface area is 183 Å². The molecule has 4 rings (SSSR count). The molecule has 0 aliphatic carbocycles. The van der Waals surface area contributed by atoms with Crippen molar-refractivity contribution in [1.29, 1.82) is 0 Å². The third-order valence-corrected chi connectivity index (χ3v) is 5.72. The van der Waals surface area contributed by atoms with Gasteiger partial charge < -0.3 is 10.1 Å². The zero-order valence-corrected chi connectivity index (χ0v) is 17.9. The van der Waals surface area contributed by atoms with Crippen molar-refractivity contribution in [3.05, 3.63) is 77.9 Å². The molecule has 6 nitrogen and oxygen atoms in total. The smallest absolute Gasteiger partial charge is 0.230 e. The van der Waals surface area contributed by atoms with Gasteiger partial charge in [-0.1, -0.05) is 36.0 Å². The zero-order chi connectivity index (χ0) is 21.8. The topological polar surface area (TPSA) is 68.5 Å². The molecule has 0 spiro atoms. The van der Waals surface area contributed by atoms with Gasteiger partial charge in [0.05, 0.1) is 19.1 Å². The molecule has 31 heavy (non-hydrogen) atoms. The largest absolute Gasteiger partial charge is 0.497 e. The minimum atomic E-state index is -0.290. The molecule has 0 saturated heterocycles. The van der Waals surface area contributed by atoms with Crippen molar-refractivity contribution in [2.24, 2.45) is 0 Å². The first-order chi connectivity index (χ1) is 15.0. The van der Waals surface area contributed by atoms with Crippen LogP contribution in [0.5, 0.6) is 5.75 Å². The third kappa shape index (κ3) is 4.86. The van der Waals surface area contributed by atoms with Crippen LogP contribution in [0.1, 0.15) is 11.3 Å². The van der Waals surface area contributed by atoms with Crippen molar-refractivity contribution >= 4 is 23.3 Å². The number of benzene rings is 2. The fourth-order valence-electron chi connectivity index (χ4n) is 3.12. The molecule has 0 unspecified atom stereocenters. The standard InChI is InChI=1S/C23H21FN4O2S/c1-15-11-22(31-14-21(29)25-12-16-3-9-19(30-2)10-4-16)28-23(27-15)20(13-26-28)17-5-7-18(24)8-6-17/h3-11,13H,12,14H2,1-2H3,(H,25,29). The van der Waals surface area contributed by atoms with E-state index in [0.717, 1.165) is 33.2 Å². The van der Waals surface area contributed by atoms with Crippen LogP contribution < -0.4 is 10.1 Å². The van der Waals surface area contributed by atoms with Crippen LogP contribution in [0.4, 0.5) is 4.39 Å². The minimum absolute atomic E-state index is 0.0747. The maximum Gasteiger partial charge on any atom is 0.230 e. The number of ether oxygens (including phenoxy) is 1. The lowest BCUT2D eigenvalue weighted by Crippen LogP contribution is -2.24. The van der Waals surface area contributed by atoms with E-state index in [9.17, 15) is 9.18 Å². The molecule has 1 amide bonds. The third-order valence-electron chi connectivity index (χ3n) is 4.72. The highest BCUT2D eigenvalue weighted by molar-refractivity contribution is 7.99. The minimum Gasteiger partial charge on any atom is -0.497 e. The summed E-state index contributed by atoms with van der Waals surface area (Å²) >= 11 is 1.39. The first-order valence-corrected chi connectivity index (χ1v) is 10.7. The first kappa shape index (κ1) is 20.9. The number of carbonyl (C=O) groups is 1. The highest BCUT2D eigenvalue weighted by Gasteiger charge is 2.14. The summed E-state index contributed by atoms with van der Waals surface area (Å²) in [6.45, 7) is 2.35. The number of hydrogen-bond donors (Lipinski definition) is 1. The van der Waals surface area contributed by atoms with E-state index in [1.165, 1.54) is 23.9 Å². The van der Waals surface area contributed by atoms with Crippen molar-refractivity contribution < 1.29 is 13.9 Å². The summed E-state index contributed by atoms with van der Waals surface area (Å²) in [5, 5.41) is 8.18. The summed E-state index contributed by atoms with van der Waals surface area (Å²) in [5.74, 6) is 0.665. The van der Waals surface area contributed by atoms with Gasteiger partial charge in [-0.05, 0) is 48.4 Å². The van der Waals surface area contributed by atoms with Crippen LogP contribution in [0.3, 0.4) is 0 Å². The number of nitrogens with one attached hydrogen (secondary N) is 1. The molecule has 0 aliphatic heterocycles. The van der Waals surface area contributed by atoms with Gasteiger partial charge in [-0.3, -0.25) is 4.79 Å². The van der Waals surface area contributed by atoms with E-state index in [1.54, 1.807) is 30.0 Å². The van der Waals surface area contributed by atoms with Crippen LogP contribution in [0, 0.1) is 12.7 Å². The maximum absolute atomic E-state index is 13.3. The SMILES string of the molecule is COc1ccc(CNC(=O)CSc2cc(C)nc3c(-c4ccc(F)cc4)cnn23)cc1. The van der Waals surface area contributed by atoms with E-state index < -0.39 is 0 Å². The number of hydrogen-bond acceptors (Lipinski definition) is 5. The number of nitrogens with zero attached hydrogens (tertiary/aromatic N) is 3. The Bertz CT molecular complexity index is 1210. The van der Waals surface area contributed by atoms with E-state index >= 15 is 0 Å². The fraction of sp³-hybridized carbons (Fsp3) is 0.174. The van der Waals surface area contributed by atoms with Crippen LogP contribution in [0.2, 0.25) is 0 Å². The molecule has 4 aromatic rings. The Kier molecular flexibility index (Phi) is 6.18. The summed E-state index contributed by atoms with van der Waals surface area (Å²) in [6.07, 6.45) is 1.71. The lowest BCUT2D eigenvalue weighted by Gasteiger charge is -2.08. The number of aromatic nitrogens is 3. The van der Waals surface area contributed by atoms with Gasteiger partial charge in [-0.25, -0.2) is 13.9 Å². The van der Waals surface area contributed by atoms with E-state index in [1.807, 2.05) is 37.3 Å². The molecule has 2 heterocycles. The molecule has 0 bridgehead atoms. The van der Waals surface area contributed by atoms with Crippen molar-refractivity contribution in [2.45, 2.75) is 18.5 Å². The van der Waals surface area contributed by atoms with Gasteiger partial charge >= 0.3 is 0 Å². The molecule has 0 atom stereocenters. The maximum atomic E-state index is 13.3. The highest BCUT2D eigenvalue weighted by atomic mass is 32.2. The molecule has 2 aromatic carbocycles. The van der Waals surface area contributed by atoms with Crippen molar-refractivity contribution in [3.8, 4) is 16.9 Å². The van der Waals surface area contributed by atoms with E-state index in [4.69, 9.17) is 4.74 Å². The molecule has 0 aliphatic rings. The average Bonchev–Trinajstić information content (AvgIpc) is 3.20. The Balaban J connectivity index is 1.45. The van der Waals surface area contributed by atoms with Crippen LogP contribution in [0.15, 0.2) is 65.8 Å². The Morgan fingerprint density at radius 1 is 1.16 bits per heavy atom. The first-order valence-electron chi connectivity index (χ1n) is 9.67. The van der Waals surface area contributed by atoms with Gasteiger partial charge in [0.25, 0.3) is 0 Å². The summed E-state index contributed by atoms with van der Waals surface area (Å²) in [4.78, 5) is 16.9. The van der Waals surface area contributed by atoms with Gasteiger partial charge in [0, 0.05) is 17.8 Å². The predicted octanol–water partition coefficient (Wildman–Crippen LogP) is 4.26. The number of aryl methyl sites for hydroxylation is 1. The van der Waals surface area contributed by atoms with E-state index in [-0.39, 0.29) is 17.5 Å². The predicted molar refractivity (Wildman–Crippen MR) is 119 cm³/mol. The summed E-state index contributed by atoms with van der Waals surface area (Å²) in [6, 6.07) is 15.7. The van der Waals surface area contributed by atoms with Crippen LogP contribution in [0.25, 0.3) is 16.8 Å². The Morgan fingerprint density at radius 2 is 1.90 bits per heavy atom. The van der Waals surface area contributed by atoms with Crippen molar-refractivity contribution in [1.82, 2.24) is 19.9 Å². The number of methoxy groups -OCH3 is 1. The Morgan fingerprint density at radius 3 is 2.61 bits per heavy atom. The molecule has 0 radical (unpaired) electrons. The average molecular weight is 437 g/mol. The number of halogens is 1. The zero-order valence-electron chi connectivity index (χ0n) is 17.1. The van der Waals surface area contributed by atoms with Crippen molar-refractivity contribution in [3.63, 3.8) is 0 Å². The van der Waals surface area contributed by atoms with Gasteiger partial charge in [-0.15, -0.1) is 0 Å². The monoisotopic (exact) mass is 436 g/mol. The molecular formula is C23H21FN4O2S. The molecule has 1 N–H and O–H groups in total. The quantitative estimate of drug-likeness (QED) is 0.346. The van der Waals surface area contributed by atoms with Crippen molar-refractivity contribution in [2.75, 3.05) is 12.9 Å². The molecule has 0 fully saturated rings. The van der Waals surface area contributed by atoms with Crippen LogP contribution in [-0.2, 0) is 11.3 Å². The number of rotatable bonds is 7. The molecule has 158 valence electrons. The van der Waals surface area contributed by atoms with E-state index in [0.29, 0.717) is 12.2 Å². The lowest BCUT2D eigenvalue weighted by molar-refractivity contribution is -0.118. The second kappa shape index (κ2) is 9.18. The van der Waals surface area contributed by atoms with Gasteiger partial charge in [0.15, 0.2) is 5.65 Å². The van der Waals surface area contributed by atoms with Crippen LogP contribution >= 0.6 is 11.8 Å². The highest BCUT2D eigenvalue weighted by Crippen LogP contribution is 2.27. The summed E-state index contributed by atoms with van der Waals surface area (Å²) < 4.78 is 20.1. The summed E-state index contributed by atoms with van der Waals surface area (Å²) in [7, 11) is 1.62. The fourth-order valence-corrected chi connectivity index (χ4v) is 4.01.